The van der Waals surface area contributed by atoms with E-state index in [1.165, 1.54) is 6.07 Å². The van der Waals surface area contributed by atoms with Crippen LogP contribution in [0.2, 0.25) is 0 Å². The van der Waals surface area contributed by atoms with E-state index in [4.69, 9.17) is 10.5 Å². The molecule has 0 radical (unpaired) electrons. The van der Waals surface area contributed by atoms with Gasteiger partial charge in [0.15, 0.2) is 0 Å². The third-order valence-electron chi connectivity index (χ3n) is 2.63. The summed E-state index contributed by atoms with van der Waals surface area (Å²) in [6.07, 6.45) is 0.948. The molecular weight excluding hydrogens is 195 g/mol. The summed E-state index contributed by atoms with van der Waals surface area (Å²) in [5.74, 6) is 0.311. The Hall–Kier alpha value is -1.45. The second-order valence-electron chi connectivity index (χ2n) is 3.62. The molecule has 2 N–H and O–H groups in total. The number of ether oxygens (including phenoxy) is 1. The van der Waals surface area contributed by atoms with Gasteiger partial charge >= 0.3 is 0 Å². The lowest BCUT2D eigenvalue weighted by molar-refractivity contribution is 0.322. The molecular formula is C11H15FN2O. The van der Waals surface area contributed by atoms with Crippen LogP contribution in [-0.2, 0) is 0 Å². The molecule has 1 aliphatic rings. The summed E-state index contributed by atoms with van der Waals surface area (Å²) in [6.45, 7) is 4.45. The van der Waals surface area contributed by atoms with Crippen LogP contribution in [0.15, 0.2) is 12.1 Å². The molecule has 1 heterocycles. The van der Waals surface area contributed by atoms with Gasteiger partial charge in [0.05, 0.1) is 18.0 Å². The molecule has 2 rings (SSSR count). The zero-order valence-electron chi connectivity index (χ0n) is 8.79. The Morgan fingerprint density at radius 1 is 1.53 bits per heavy atom. The Labute approximate surface area is 88.6 Å². The molecule has 15 heavy (non-hydrogen) atoms. The Morgan fingerprint density at radius 2 is 2.33 bits per heavy atom. The lowest BCUT2D eigenvalue weighted by atomic mass is 10.2. The monoisotopic (exact) mass is 210 g/mol. The van der Waals surface area contributed by atoms with Crippen molar-refractivity contribution in [2.75, 3.05) is 30.3 Å². The van der Waals surface area contributed by atoms with Crippen molar-refractivity contribution in [2.45, 2.75) is 13.3 Å². The van der Waals surface area contributed by atoms with Crippen LogP contribution in [0.5, 0.6) is 5.75 Å². The molecule has 0 bridgehead atoms. The van der Waals surface area contributed by atoms with E-state index in [1.807, 2.05) is 6.92 Å². The molecule has 4 heteroatoms. The number of nitrogen functional groups attached to an aromatic ring is 1. The fourth-order valence-corrected chi connectivity index (χ4v) is 1.81. The van der Waals surface area contributed by atoms with Crippen molar-refractivity contribution in [1.82, 2.24) is 0 Å². The fourth-order valence-electron chi connectivity index (χ4n) is 1.81. The van der Waals surface area contributed by atoms with Crippen molar-refractivity contribution in [3.63, 3.8) is 0 Å². The second kappa shape index (κ2) is 3.96. The van der Waals surface area contributed by atoms with Crippen molar-refractivity contribution >= 4 is 11.4 Å². The summed E-state index contributed by atoms with van der Waals surface area (Å²) in [7, 11) is 0. The van der Waals surface area contributed by atoms with Gasteiger partial charge in [-0.3, -0.25) is 0 Å². The van der Waals surface area contributed by atoms with Crippen molar-refractivity contribution in [1.29, 1.82) is 0 Å². The average Bonchev–Trinajstić information content (AvgIpc) is 2.41. The van der Waals surface area contributed by atoms with Crippen LogP contribution in [0.3, 0.4) is 0 Å². The lowest BCUT2D eigenvalue weighted by Gasteiger charge is -2.22. The molecule has 0 aliphatic carbocycles. The molecule has 1 aromatic carbocycles. The number of halogens is 1. The van der Waals surface area contributed by atoms with Crippen molar-refractivity contribution < 1.29 is 9.13 Å². The number of anilines is 2. The lowest BCUT2D eigenvalue weighted by Crippen LogP contribution is -2.23. The smallest absolute Gasteiger partial charge is 0.148 e. The molecule has 3 nitrogen and oxygen atoms in total. The number of fused-ring (bicyclic) bond motifs is 1. The number of hydrogen-bond acceptors (Lipinski definition) is 3. The first kappa shape index (κ1) is 10.1. The summed E-state index contributed by atoms with van der Waals surface area (Å²) in [5.41, 5.74) is 6.46. The maximum atomic E-state index is 13.3. The number of benzene rings is 1. The summed E-state index contributed by atoms with van der Waals surface area (Å²) in [4.78, 5) is 2.10. The minimum atomic E-state index is -0.377. The van der Waals surface area contributed by atoms with E-state index in [-0.39, 0.29) is 11.5 Å². The summed E-state index contributed by atoms with van der Waals surface area (Å²) in [6, 6.07) is 3.03. The fraction of sp³-hybridized carbons (Fsp3) is 0.455. The van der Waals surface area contributed by atoms with E-state index in [0.29, 0.717) is 12.4 Å². The third kappa shape index (κ3) is 1.84. The van der Waals surface area contributed by atoms with E-state index >= 15 is 0 Å². The SMILES string of the molecule is CCN1CCCOc2cc(N)c(F)cc21. The zero-order chi connectivity index (χ0) is 10.8. The first-order valence-corrected chi connectivity index (χ1v) is 5.19. The number of nitrogens with zero attached hydrogens (tertiary/aromatic N) is 1. The van der Waals surface area contributed by atoms with Crippen LogP contribution in [-0.4, -0.2) is 19.7 Å². The molecule has 1 aliphatic heterocycles. The molecule has 0 spiro atoms. The van der Waals surface area contributed by atoms with Gasteiger partial charge in [-0.1, -0.05) is 0 Å². The van der Waals surface area contributed by atoms with E-state index in [1.54, 1.807) is 6.07 Å². The molecule has 0 fully saturated rings. The molecule has 1 aromatic rings. The van der Waals surface area contributed by atoms with E-state index < -0.39 is 0 Å². The first-order valence-electron chi connectivity index (χ1n) is 5.19. The topological polar surface area (TPSA) is 38.5 Å². The van der Waals surface area contributed by atoms with Crippen LogP contribution in [0.25, 0.3) is 0 Å². The second-order valence-corrected chi connectivity index (χ2v) is 3.62. The minimum absolute atomic E-state index is 0.145. The van der Waals surface area contributed by atoms with E-state index in [2.05, 4.69) is 4.90 Å². The highest BCUT2D eigenvalue weighted by atomic mass is 19.1. The molecule has 0 saturated heterocycles. The molecule has 0 amide bonds. The summed E-state index contributed by atoms with van der Waals surface area (Å²) < 4.78 is 18.9. The van der Waals surface area contributed by atoms with Crippen molar-refractivity contribution in [3.05, 3.63) is 17.9 Å². The van der Waals surface area contributed by atoms with Gasteiger partial charge in [0.1, 0.15) is 11.6 Å². The van der Waals surface area contributed by atoms with Gasteiger partial charge in [-0.05, 0) is 13.3 Å². The maximum absolute atomic E-state index is 13.3. The normalized spacial score (nSPS) is 15.5. The van der Waals surface area contributed by atoms with Crippen LogP contribution < -0.4 is 15.4 Å². The Bertz CT molecular complexity index is 368. The van der Waals surface area contributed by atoms with Gasteiger partial charge in [0.2, 0.25) is 0 Å². The zero-order valence-corrected chi connectivity index (χ0v) is 8.79. The van der Waals surface area contributed by atoms with Gasteiger partial charge < -0.3 is 15.4 Å². The number of rotatable bonds is 1. The quantitative estimate of drug-likeness (QED) is 0.721. The largest absolute Gasteiger partial charge is 0.491 e. The predicted octanol–water partition coefficient (Wildman–Crippen LogP) is 2.02. The average molecular weight is 210 g/mol. The molecule has 0 unspecified atom stereocenters. The van der Waals surface area contributed by atoms with Gasteiger partial charge in [-0.15, -0.1) is 0 Å². The van der Waals surface area contributed by atoms with Crippen LogP contribution >= 0.6 is 0 Å². The Balaban J connectivity index is 2.46. The van der Waals surface area contributed by atoms with Gasteiger partial charge in [-0.2, -0.15) is 0 Å². The molecule has 0 atom stereocenters. The molecule has 0 saturated carbocycles. The summed E-state index contributed by atoms with van der Waals surface area (Å²) >= 11 is 0. The van der Waals surface area contributed by atoms with Gasteiger partial charge in [0, 0.05) is 25.2 Å². The highest BCUT2D eigenvalue weighted by Gasteiger charge is 2.17. The highest BCUT2D eigenvalue weighted by Crippen LogP contribution is 2.34. The Kier molecular flexibility index (Phi) is 2.66. The molecule has 82 valence electrons. The van der Waals surface area contributed by atoms with E-state index in [9.17, 15) is 4.39 Å². The Morgan fingerprint density at radius 3 is 3.07 bits per heavy atom. The summed E-state index contributed by atoms with van der Waals surface area (Å²) in [5, 5.41) is 0. The number of nitrogens with two attached hydrogens (primary N) is 1. The minimum Gasteiger partial charge on any atom is -0.491 e. The highest BCUT2D eigenvalue weighted by molar-refractivity contribution is 5.65. The van der Waals surface area contributed by atoms with Gasteiger partial charge in [-0.25, -0.2) is 4.39 Å². The van der Waals surface area contributed by atoms with Crippen molar-refractivity contribution in [3.8, 4) is 5.75 Å². The predicted molar refractivity (Wildman–Crippen MR) is 58.8 cm³/mol. The standard InChI is InChI=1S/C11H15FN2O/c1-2-14-4-3-5-15-11-7-9(13)8(12)6-10(11)14/h6-7H,2-5,13H2,1H3. The third-order valence-corrected chi connectivity index (χ3v) is 2.63. The number of hydrogen-bond donors (Lipinski definition) is 1. The first-order chi connectivity index (χ1) is 7.22. The maximum Gasteiger partial charge on any atom is 0.148 e. The van der Waals surface area contributed by atoms with Crippen LogP contribution in [0.1, 0.15) is 13.3 Å². The van der Waals surface area contributed by atoms with Gasteiger partial charge in [0.25, 0.3) is 0 Å². The van der Waals surface area contributed by atoms with E-state index in [0.717, 1.165) is 25.2 Å². The molecule has 0 aromatic heterocycles. The van der Waals surface area contributed by atoms with Crippen LogP contribution in [0, 0.1) is 5.82 Å². The van der Waals surface area contributed by atoms with Crippen molar-refractivity contribution in [2.24, 2.45) is 0 Å². The van der Waals surface area contributed by atoms with Crippen LogP contribution in [0.4, 0.5) is 15.8 Å².